The molecule has 0 saturated heterocycles. The van der Waals surface area contributed by atoms with E-state index in [0.29, 0.717) is 11.3 Å². The zero-order valence-corrected chi connectivity index (χ0v) is 13.1. The summed E-state index contributed by atoms with van der Waals surface area (Å²) in [5.41, 5.74) is 9.12. The predicted molar refractivity (Wildman–Crippen MR) is 85.3 cm³/mol. The molecule has 3 nitrogen and oxygen atoms in total. The highest BCUT2D eigenvalue weighted by Gasteiger charge is 2.16. The Morgan fingerprint density at radius 2 is 1.95 bits per heavy atom. The van der Waals surface area contributed by atoms with Gasteiger partial charge >= 0.3 is 0 Å². The first-order chi connectivity index (χ1) is 9.38. The van der Waals surface area contributed by atoms with Gasteiger partial charge in [0.2, 0.25) is 0 Å². The van der Waals surface area contributed by atoms with Crippen molar-refractivity contribution >= 4 is 22.9 Å². The lowest BCUT2D eigenvalue weighted by atomic mass is 10.1. The molecule has 0 bridgehead atoms. The van der Waals surface area contributed by atoms with Crippen LogP contribution in [0.25, 0.3) is 0 Å². The zero-order valence-electron chi connectivity index (χ0n) is 12.3. The fourth-order valence-electron chi connectivity index (χ4n) is 2.32. The molecule has 106 valence electrons. The summed E-state index contributed by atoms with van der Waals surface area (Å²) in [7, 11) is 0. The quantitative estimate of drug-likeness (QED) is 0.845. The fourth-order valence-corrected chi connectivity index (χ4v) is 3.34. The molecule has 1 heterocycles. The molecule has 20 heavy (non-hydrogen) atoms. The van der Waals surface area contributed by atoms with Gasteiger partial charge in [-0.15, -0.1) is 11.3 Å². The van der Waals surface area contributed by atoms with E-state index >= 15 is 0 Å². The summed E-state index contributed by atoms with van der Waals surface area (Å²) in [6.07, 6.45) is 0. The van der Waals surface area contributed by atoms with Crippen LogP contribution in [-0.4, -0.2) is 5.91 Å². The van der Waals surface area contributed by atoms with Crippen molar-refractivity contribution in [1.29, 1.82) is 0 Å². The van der Waals surface area contributed by atoms with Gasteiger partial charge in [-0.25, -0.2) is 0 Å². The van der Waals surface area contributed by atoms with E-state index in [1.54, 1.807) is 17.4 Å². The fraction of sp³-hybridized carbons (Fsp3) is 0.312. The Bertz CT molecular complexity index is 646. The normalized spacial score (nSPS) is 12.2. The van der Waals surface area contributed by atoms with Crippen molar-refractivity contribution in [2.75, 3.05) is 5.73 Å². The minimum atomic E-state index is -0.0782. The van der Waals surface area contributed by atoms with Crippen molar-refractivity contribution in [2.45, 2.75) is 33.7 Å². The van der Waals surface area contributed by atoms with E-state index in [1.165, 1.54) is 15.3 Å². The van der Waals surface area contributed by atoms with Gasteiger partial charge < -0.3 is 11.1 Å². The molecular formula is C16H20N2OS. The van der Waals surface area contributed by atoms with Gasteiger partial charge in [0.05, 0.1) is 6.04 Å². The third-order valence-electron chi connectivity index (χ3n) is 3.40. The molecule has 2 rings (SSSR count). The van der Waals surface area contributed by atoms with E-state index in [4.69, 9.17) is 5.73 Å². The van der Waals surface area contributed by atoms with Crippen LogP contribution in [0.5, 0.6) is 0 Å². The molecule has 1 atom stereocenters. The second kappa shape index (κ2) is 5.67. The minimum absolute atomic E-state index is 0.00622. The predicted octanol–water partition coefficient (Wildman–Crippen LogP) is 3.75. The molecule has 1 aromatic carbocycles. The van der Waals surface area contributed by atoms with Crippen molar-refractivity contribution in [3.05, 3.63) is 50.7 Å². The van der Waals surface area contributed by atoms with Gasteiger partial charge in [-0.2, -0.15) is 0 Å². The number of anilines is 1. The molecule has 0 aliphatic rings. The highest BCUT2D eigenvalue weighted by molar-refractivity contribution is 7.12. The maximum atomic E-state index is 12.4. The van der Waals surface area contributed by atoms with Crippen molar-refractivity contribution < 1.29 is 4.79 Å². The van der Waals surface area contributed by atoms with Crippen LogP contribution >= 0.6 is 11.3 Å². The van der Waals surface area contributed by atoms with E-state index < -0.39 is 0 Å². The largest absolute Gasteiger partial charge is 0.399 e. The molecule has 1 amide bonds. The molecule has 0 aliphatic heterocycles. The topological polar surface area (TPSA) is 55.1 Å². The Kier molecular flexibility index (Phi) is 4.14. The molecule has 1 aromatic heterocycles. The number of carbonyl (C=O) groups is 1. The molecule has 0 fully saturated rings. The van der Waals surface area contributed by atoms with Crippen LogP contribution in [0.2, 0.25) is 0 Å². The highest BCUT2D eigenvalue weighted by atomic mass is 32.1. The monoisotopic (exact) mass is 288 g/mol. The van der Waals surface area contributed by atoms with Gasteiger partial charge in [0.25, 0.3) is 5.91 Å². The van der Waals surface area contributed by atoms with Gasteiger partial charge in [0.15, 0.2) is 0 Å². The van der Waals surface area contributed by atoms with Crippen LogP contribution in [0.15, 0.2) is 24.3 Å². The van der Waals surface area contributed by atoms with Gasteiger partial charge in [-0.3, -0.25) is 4.79 Å². The third-order valence-corrected chi connectivity index (χ3v) is 4.38. The van der Waals surface area contributed by atoms with Gasteiger partial charge in [-0.1, -0.05) is 6.07 Å². The second-order valence-electron chi connectivity index (χ2n) is 5.14. The lowest BCUT2D eigenvalue weighted by molar-refractivity contribution is 0.0939. The summed E-state index contributed by atoms with van der Waals surface area (Å²) in [4.78, 5) is 14.9. The number of nitrogens with two attached hydrogens (primary N) is 1. The Morgan fingerprint density at radius 1 is 1.25 bits per heavy atom. The van der Waals surface area contributed by atoms with Crippen LogP contribution < -0.4 is 11.1 Å². The number of nitrogens with one attached hydrogen (secondary N) is 1. The Balaban J connectivity index is 2.19. The first-order valence-corrected chi connectivity index (χ1v) is 7.44. The molecule has 0 aliphatic carbocycles. The number of hydrogen-bond donors (Lipinski definition) is 2. The third kappa shape index (κ3) is 3.02. The standard InChI is InChI=1S/C16H20N2OS/c1-9-5-6-13(17)8-14(9)16(19)18-11(3)15-7-10(2)20-12(15)4/h5-8,11H,17H2,1-4H3,(H,18,19). The van der Waals surface area contributed by atoms with Crippen molar-refractivity contribution in [3.63, 3.8) is 0 Å². The number of rotatable bonds is 3. The molecule has 1 unspecified atom stereocenters. The van der Waals surface area contributed by atoms with Gasteiger partial charge in [0, 0.05) is 21.0 Å². The molecule has 4 heteroatoms. The Labute approximate surface area is 123 Å². The molecule has 2 aromatic rings. The van der Waals surface area contributed by atoms with Crippen molar-refractivity contribution in [1.82, 2.24) is 5.32 Å². The summed E-state index contributed by atoms with van der Waals surface area (Å²) >= 11 is 1.75. The second-order valence-corrected chi connectivity index (χ2v) is 6.60. The minimum Gasteiger partial charge on any atom is -0.399 e. The summed E-state index contributed by atoms with van der Waals surface area (Å²) in [6.45, 7) is 8.09. The number of amides is 1. The van der Waals surface area contributed by atoms with E-state index in [9.17, 15) is 4.79 Å². The first kappa shape index (κ1) is 14.6. The summed E-state index contributed by atoms with van der Waals surface area (Å²) in [5, 5.41) is 3.05. The van der Waals surface area contributed by atoms with E-state index in [0.717, 1.165) is 5.56 Å². The first-order valence-electron chi connectivity index (χ1n) is 6.62. The molecule has 0 radical (unpaired) electrons. The number of carbonyl (C=O) groups excluding carboxylic acids is 1. The summed E-state index contributed by atoms with van der Waals surface area (Å²) in [5.74, 6) is -0.0782. The summed E-state index contributed by atoms with van der Waals surface area (Å²) < 4.78 is 0. The lowest BCUT2D eigenvalue weighted by Gasteiger charge is -2.15. The van der Waals surface area contributed by atoms with E-state index in [-0.39, 0.29) is 11.9 Å². The maximum Gasteiger partial charge on any atom is 0.252 e. The highest BCUT2D eigenvalue weighted by Crippen LogP contribution is 2.26. The number of nitrogen functional groups attached to an aromatic ring is 1. The number of benzene rings is 1. The number of thiophene rings is 1. The Morgan fingerprint density at radius 3 is 2.55 bits per heavy atom. The van der Waals surface area contributed by atoms with E-state index in [1.807, 2.05) is 26.0 Å². The van der Waals surface area contributed by atoms with Crippen molar-refractivity contribution in [2.24, 2.45) is 0 Å². The molecule has 3 N–H and O–H groups in total. The van der Waals surface area contributed by atoms with Crippen LogP contribution in [0.3, 0.4) is 0 Å². The van der Waals surface area contributed by atoms with Crippen LogP contribution in [0.1, 0.15) is 44.2 Å². The van der Waals surface area contributed by atoms with Crippen LogP contribution in [0.4, 0.5) is 5.69 Å². The Hall–Kier alpha value is -1.81. The number of aryl methyl sites for hydroxylation is 3. The number of hydrogen-bond acceptors (Lipinski definition) is 3. The van der Waals surface area contributed by atoms with Gasteiger partial charge in [0.1, 0.15) is 0 Å². The summed E-state index contributed by atoms with van der Waals surface area (Å²) in [6, 6.07) is 7.53. The molecular weight excluding hydrogens is 268 g/mol. The molecule has 0 saturated carbocycles. The smallest absolute Gasteiger partial charge is 0.252 e. The lowest BCUT2D eigenvalue weighted by Crippen LogP contribution is -2.27. The van der Waals surface area contributed by atoms with Crippen LogP contribution in [0, 0.1) is 20.8 Å². The SMILES string of the molecule is Cc1cc(C(C)NC(=O)c2cc(N)ccc2C)c(C)s1. The average molecular weight is 288 g/mol. The zero-order chi connectivity index (χ0) is 14.9. The maximum absolute atomic E-state index is 12.4. The van der Waals surface area contributed by atoms with Gasteiger partial charge in [-0.05, 0) is 57.0 Å². The van der Waals surface area contributed by atoms with Crippen LogP contribution in [-0.2, 0) is 0 Å². The van der Waals surface area contributed by atoms with E-state index in [2.05, 4.69) is 25.2 Å². The molecule has 0 spiro atoms. The van der Waals surface area contributed by atoms with Crippen molar-refractivity contribution in [3.8, 4) is 0 Å². The average Bonchev–Trinajstić information content (AvgIpc) is 2.71.